The third-order valence-corrected chi connectivity index (χ3v) is 3.96. The summed E-state index contributed by atoms with van der Waals surface area (Å²) in [7, 11) is 0. The van der Waals surface area contributed by atoms with Crippen LogP contribution < -0.4 is 4.74 Å². The van der Waals surface area contributed by atoms with E-state index in [0.717, 1.165) is 54.4 Å². The highest BCUT2D eigenvalue weighted by Gasteiger charge is 2.19. The van der Waals surface area contributed by atoms with Gasteiger partial charge in [0.15, 0.2) is 0 Å². The standard InChI is InChI=1S/C14H19NO2S/c1-2-18-10-9-17-14-8-4-5-11-12(14)6-3-7-13(11)15-16/h4-5,8,16H,2-3,6-7,9-10H2,1H3/b15-13+. The minimum atomic E-state index is 0.737. The summed E-state index contributed by atoms with van der Waals surface area (Å²) in [6, 6.07) is 5.99. The lowest BCUT2D eigenvalue weighted by molar-refractivity contribution is 0.317. The van der Waals surface area contributed by atoms with Gasteiger partial charge in [-0.3, -0.25) is 0 Å². The second-order valence-corrected chi connectivity index (χ2v) is 5.62. The molecule has 98 valence electrons. The molecule has 1 N–H and O–H groups in total. The van der Waals surface area contributed by atoms with E-state index in [9.17, 15) is 0 Å². The molecule has 0 amide bonds. The fourth-order valence-corrected chi connectivity index (χ4v) is 2.75. The fourth-order valence-electron chi connectivity index (χ4n) is 2.26. The highest BCUT2D eigenvalue weighted by Crippen LogP contribution is 2.30. The third kappa shape index (κ3) is 2.99. The van der Waals surface area contributed by atoms with Crippen molar-refractivity contribution in [3.05, 3.63) is 29.3 Å². The second kappa shape index (κ2) is 6.69. The Kier molecular flexibility index (Phi) is 4.93. The van der Waals surface area contributed by atoms with Crippen molar-refractivity contribution in [2.45, 2.75) is 26.2 Å². The highest BCUT2D eigenvalue weighted by atomic mass is 32.2. The summed E-state index contributed by atoms with van der Waals surface area (Å²) < 4.78 is 5.84. The summed E-state index contributed by atoms with van der Waals surface area (Å²) in [5.41, 5.74) is 3.02. The number of benzene rings is 1. The molecule has 1 aromatic rings. The van der Waals surface area contributed by atoms with E-state index in [1.807, 2.05) is 30.0 Å². The number of rotatable bonds is 5. The van der Waals surface area contributed by atoms with Gasteiger partial charge in [0.2, 0.25) is 0 Å². The molecule has 2 rings (SSSR count). The molecule has 18 heavy (non-hydrogen) atoms. The van der Waals surface area contributed by atoms with Gasteiger partial charge in [0, 0.05) is 16.9 Å². The molecule has 0 atom stereocenters. The maximum Gasteiger partial charge on any atom is 0.123 e. The molecule has 0 heterocycles. The van der Waals surface area contributed by atoms with Crippen molar-refractivity contribution in [1.82, 2.24) is 0 Å². The molecule has 0 aliphatic heterocycles. The molecule has 0 spiro atoms. The van der Waals surface area contributed by atoms with Crippen molar-refractivity contribution in [3.63, 3.8) is 0 Å². The summed E-state index contributed by atoms with van der Waals surface area (Å²) in [4.78, 5) is 0. The smallest absolute Gasteiger partial charge is 0.123 e. The molecule has 4 heteroatoms. The van der Waals surface area contributed by atoms with Crippen molar-refractivity contribution < 1.29 is 9.94 Å². The molecule has 0 bridgehead atoms. The van der Waals surface area contributed by atoms with Crippen LogP contribution in [0.25, 0.3) is 0 Å². The Hall–Kier alpha value is -1.16. The van der Waals surface area contributed by atoms with Crippen LogP contribution in [0, 0.1) is 0 Å². The Morgan fingerprint density at radius 3 is 3.06 bits per heavy atom. The van der Waals surface area contributed by atoms with Crippen LogP contribution in [0.2, 0.25) is 0 Å². The van der Waals surface area contributed by atoms with Gasteiger partial charge >= 0.3 is 0 Å². The van der Waals surface area contributed by atoms with Gasteiger partial charge < -0.3 is 9.94 Å². The third-order valence-electron chi connectivity index (χ3n) is 3.09. The monoisotopic (exact) mass is 265 g/mol. The molecule has 1 aliphatic carbocycles. The Balaban J connectivity index is 2.12. The van der Waals surface area contributed by atoms with E-state index in [0.29, 0.717) is 0 Å². The maximum absolute atomic E-state index is 9.02. The van der Waals surface area contributed by atoms with Crippen LogP contribution in [0.15, 0.2) is 23.4 Å². The molecular formula is C14H19NO2S. The number of nitrogens with zero attached hydrogens (tertiary/aromatic N) is 1. The molecule has 0 saturated carbocycles. The lowest BCUT2D eigenvalue weighted by Gasteiger charge is -2.20. The normalized spacial score (nSPS) is 16.6. The van der Waals surface area contributed by atoms with Crippen LogP contribution in [-0.2, 0) is 6.42 Å². The summed E-state index contributed by atoms with van der Waals surface area (Å²) in [6.07, 6.45) is 2.88. The molecule has 0 fully saturated rings. The molecule has 3 nitrogen and oxygen atoms in total. The first-order valence-electron chi connectivity index (χ1n) is 6.40. The Morgan fingerprint density at radius 1 is 1.39 bits per heavy atom. The van der Waals surface area contributed by atoms with Gasteiger partial charge in [-0.05, 0) is 31.1 Å². The van der Waals surface area contributed by atoms with E-state index in [2.05, 4.69) is 12.1 Å². The Bertz CT molecular complexity index is 432. The first-order valence-corrected chi connectivity index (χ1v) is 7.56. The Labute approximate surface area is 112 Å². The Morgan fingerprint density at radius 2 is 2.28 bits per heavy atom. The van der Waals surface area contributed by atoms with Crippen LogP contribution >= 0.6 is 11.8 Å². The second-order valence-electron chi connectivity index (χ2n) is 4.23. The highest BCUT2D eigenvalue weighted by molar-refractivity contribution is 7.99. The van der Waals surface area contributed by atoms with Gasteiger partial charge in [0.1, 0.15) is 5.75 Å². The maximum atomic E-state index is 9.02. The SMILES string of the molecule is CCSCCOc1cccc2c1CCC/C2=N\O. The summed E-state index contributed by atoms with van der Waals surface area (Å²) >= 11 is 1.88. The average Bonchev–Trinajstić information content (AvgIpc) is 2.43. The van der Waals surface area contributed by atoms with E-state index < -0.39 is 0 Å². The lowest BCUT2D eigenvalue weighted by Crippen LogP contribution is -2.14. The van der Waals surface area contributed by atoms with E-state index in [-0.39, 0.29) is 0 Å². The van der Waals surface area contributed by atoms with E-state index in [1.54, 1.807) is 0 Å². The molecule has 1 aromatic carbocycles. The van der Waals surface area contributed by atoms with Crippen LogP contribution in [0.5, 0.6) is 5.75 Å². The topological polar surface area (TPSA) is 41.8 Å². The van der Waals surface area contributed by atoms with Crippen molar-refractivity contribution in [2.24, 2.45) is 5.16 Å². The van der Waals surface area contributed by atoms with Gasteiger partial charge in [-0.1, -0.05) is 24.2 Å². The van der Waals surface area contributed by atoms with Crippen molar-refractivity contribution in [1.29, 1.82) is 0 Å². The zero-order valence-electron chi connectivity index (χ0n) is 10.7. The van der Waals surface area contributed by atoms with Crippen LogP contribution in [0.4, 0.5) is 0 Å². The minimum Gasteiger partial charge on any atom is -0.492 e. The number of hydrogen-bond acceptors (Lipinski definition) is 4. The fraction of sp³-hybridized carbons (Fsp3) is 0.500. The number of ether oxygens (including phenoxy) is 1. The average molecular weight is 265 g/mol. The largest absolute Gasteiger partial charge is 0.492 e. The van der Waals surface area contributed by atoms with Gasteiger partial charge in [-0.2, -0.15) is 11.8 Å². The zero-order chi connectivity index (χ0) is 12.8. The molecule has 0 saturated heterocycles. The van der Waals surface area contributed by atoms with Crippen molar-refractivity contribution in [3.8, 4) is 5.75 Å². The van der Waals surface area contributed by atoms with Gasteiger partial charge in [-0.25, -0.2) is 0 Å². The summed E-state index contributed by atoms with van der Waals surface area (Å²) in [5.74, 6) is 3.09. The zero-order valence-corrected chi connectivity index (χ0v) is 11.5. The molecule has 0 unspecified atom stereocenters. The molecule has 0 radical (unpaired) electrons. The number of oxime groups is 1. The van der Waals surface area contributed by atoms with Crippen molar-refractivity contribution >= 4 is 17.5 Å². The number of fused-ring (bicyclic) bond motifs is 1. The van der Waals surface area contributed by atoms with Crippen LogP contribution in [0.3, 0.4) is 0 Å². The molecule has 0 aromatic heterocycles. The van der Waals surface area contributed by atoms with E-state index in [4.69, 9.17) is 9.94 Å². The van der Waals surface area contributed by atoms with Gasteiger partial charge in [0.05, 0.1) is 12.3 Å². The predicted octanol–water partition coefficient (Wildman–Crippen LogP) is 3.33. The van der Waals surface area contributed by atoms with Gasteiger partial charge in [0.25, 0.3) is 0 Å². The van der Waals surface area contributed by atoms with Crippen LogP contribution in [-0.4, -0.2) is 29.0 Å². The lowest BCUT2D eigenvalue weighted by atomic mass is 9.89. The number of hydrogen-bond donors (Lipinski definition) is 1. The first-order chi connectivity index (χ1) is 8.86. The quantitative estimate of drug-likeness (QED) is 0.504. The number of thioether (sulfide) groups is 1. The van der Waals surface area contributed by atoms with Crippen LogP contribution in [0.1, 0.15) is 30.9 Å². The molecule has 1 aliphatic rings. The van der Waals surface area contributed by atoms with Gasteiger partial charge in [-0.15, -0.1) is 0 Å². The summed E-state index contributed by atoms with van der Waals surface area (Å²) in [6.45, 7) is 2.89. The van der Waals surface area contributed by atoms with E-state index in [1.165, 1.54) is 5.56 Å². The minimum absolute atomic E-state index is 0.737. The van der Waals surface area contributed by atoms with E-state index >= 15 is 0 Å². The molecular weight excluding hydrogens is 246 g/mol. The van der Waals surface area contributed by atoms with Crippen molar-refractivity contribution in [2.75, 3.05) is 18.1 Å². The summed E-state index contributed by atoms with van der Waals surface area (Å²) in [5, 5.41) is 12.4. The first kappa shape index (κ1) is 13.3. The predicted molar refractivity (Wildman–Crippen MR) is 76.2 cm³/mol.